The molecule has 1 heterocycles. The van der Waals surface area contributed by atoms with Crippen molar-refractivity contribution in [2.24, 2.45) is 0 Å². The third-order valence-electron chi connectivity index (χ3n) is 3.34. The Bertz CT molecular complexity index is 644. The number of hydrogen-bond donors (Lipinski definition) is 0. The van der Waals surface area contributed by atoms with Crippen molar-refractivity contribution in [1.82, 2.24) is 4.90 Å². The molecule has 4 heteroatoms. The highest BCUT2D eigenvalue weighted by atomic mass is 16.5. The molecule has 0 N–H and O–H groups in total. The number of hydrogen-bond acceptors (Lipinski definition) is 3. The maximum absolute atomic E-state index is 11.9. The second-order valence-corrected chi connectivity index (χ2v) is 4.96. The Morgan fingerprint density at radius 3 is 2.45 bits per heavy atom. The van der Waals surface area contributed by atoms with E-state index in [0.29, 0.717) is 19.9 Å². The maximum Gasteiger partial charge on any atom is 0.248 e. The Kier molecular flexibility index (Phi) is 4.51. The highest BCUT2D eigenvalue weighted by molar-refractivity contribution is 5.91. The van der Waals surface area contributed by atoms with Crippen molar-refractivity contribution in [3.05, 3.63) is 66.2 Å². The summed E-state index contributed by atoms with van der Waals surface area (Å²) in [5.74, 6) is 1.54. The molecular formula is C18H17NO3. The van der Waals surface area contributed by atoms with Crippen molar-refractivity contribution < 1.29 is 14.3 Å². The van der Waals surface area contributed by atoms with Crippen LogP contribution in [0.2, 0.25) is 0 Å². The average molecular weight is 295 g/mol. The molecule has 0 unspecified atom stereocenters. The van der Waals surface area contributed by atoms with Crippen molar-refractivity contribution in [3.63, 3.8) is 0 Å². The van der Waals surface area contributed by atoms with E-state index in [1.807, 2.05) is 54.6 Å². The van der Waals surface area contributed by atoms with Crippen LogP contribution in [0.3, 0.4) is 0 Å². The summed E-state index contributed by atoms with van der Waals surface area (Å²) < 4.78 is 10.9. The van der Waals surface area contributed by atoms with Gasteiger partial charge in [0.15, 0.2) is 0 Å². The van der Waals surface area contributed by atoms with Crippen molar-refractivity contribution in [2.75, 3.05) is 19.9 Å². The number of carbonyl (C=O) groups is 1. The summed E-state index contributed by atoms with van der Waals surface area (Å²) in [6.45, 7) is 1.66. The largest absolute Gasteiger partial charge is 0.457 e. The monoisotopic (exact) mass is 295 g/mol. The molecule has 0 radical (unpaired) electrons. The van der Waals surface area contributed by atoms with Crippen LogP contribution < -0.4 is 4.74 Å². The lowest BCUT2D eigenvalue weighted by molar-refractivity contribution is -0.126. The normalized spacial score (nSPS) is 14.5. The summed E-state index contributed by atoms with van der Waals surface area (Å²) in [5, 5.41) is 0. The second-order valence-electron chi connectivity index (χ2n) is 4.96. The van der Waals surface area contributed by atoms with Crippen LogP contribution in [0.1, 0.15) is 5.56 Å². The van der Waals surface area contributed by atoms with Gasteiger partial charge in [-0.25, -0.2) is 0 Å². The number of carbonyl (C=O) groups excluding carboxylic acids is 1. The lowest BCUT2D eigenvalue weighted by Crippen LogP contribution is -2.26. The lowest BCUT2D eigenvalue weighted by Gasteiger charge is -2.09. The van der Waals surface area contributed by atoms with Gasteiger partial charge in [-0.2, -0.15) is 0 Å². The molecule has 0 aromatic heterocycles. The zero-order chi connectivity index (χ0) is 15.2. The first-order chi connectivity index (χ1) is 10.8. The molecule has 0 atom stereocenters. The smallest absolute Gasteiger partial charge is 0.248 e. The Morgan fingerprint density at radius 2 is 1.77 bits per heavy atom. The van der Waals surface area contributed by atoms with E-state index < -0.39 is 0 Å². The zero-order valence-corrected chi connectivity index (χ0v) is 12.1. The number of rotatable bonds is 4. The Labute approximate surface area is 129 Å². The molecule has 0 saturated carbocycles. The van der Waals surface area contributed by atoms with Gasteiger partial charge in [0.25, 0.3) is 0 Å². The molecule has 112 valence electrons. The molecule has 1 saturated heterocycles. The van der Waals surface area contributed by atoms with Gasteiger partial charge < -0.3 is 14.4 Å². The maximum atomic E-state index is 11.9. The zero-order valence-electron chi connectivity index (χ0n) is 12.1. The second kappa shape index (κ2) is 6.91. The summed E-state index contributed by atoms with van der Waals surface area (Å²) in [6, 6.07) is 17.2. The van der Waals surface area contributed by atoms with E-state index in [1.54, 1.807) is 17.1 Å². The Hall–Kier alpha value is -2.59. The molecule has 2 aromatic carbocycles. The molecule has 1 amide bonds. The summed E-state index contributed by atoms with van der Waals surface area (Å²) in [4.78, 5) is 13.5. The average Bonchev–Trinajstić information content (AvgIpc) is 3.09. The molecule has 1 fully saturated rings. The number of amides is 1. The topological polar surface area (TPSA) is 38.8 Å². The van der Waals surface area contributed by atoms with Gasteiger partial charge in [-0.15, -0.1) is 0 Å². The minimum absolute atomic E-state index is 0.0258. The molecule has 3 rings (SSSR count). The number of para-hydroxylation sites is 1. The van der Waals surface area contributed by atoms with Gasteiger partial charge >= 0.3 is 0 Å². The Morgan fingerprint density at radius 1 is 1.05 bits per heavy atom. The molecule has 1 aliphatic rings. The molecule has 0 bridgehead atoms. The van der Waals surface area contributed by atoms with Gasteiger partial charge in [0.2, 0.25) is 5.91 Å². The molecule has 2 aromatic rings. The van der Waals surface area contributed by atoms with E-state index in [9.17, 15) is 4.79 Å². The van der Waals surface area contributed by atoms with Crippen LogP contribution in [0.4, 0.5) is 0 Å². The minimum atomic E-state index is -0.0258. The molecule has 1 aliphatic heterocycles. The van der Waals surface area contributed by atoms with Gasteiger partial charge in [0.05, 0.1) is 6.61 Å². The standard InChI is InChI=1S/C18H17NO3/c20-18(19-12-13-21-14-19)11-8-15-6-9-17(10-7-15)22-16-4-2-1-3-5-16/h1-11H,12-14H2/b11-8+. The van der Waals surface area contributed by atoms with Crippen LogP contribution in [0.5, 0.6) is 11.5 Å². The van der Waals surface area contributed by atoms with E-state index in [1.165, 1.54) is 0 Å². The SMILES string of the molecule is O=C(/C=C/c1ccc(Oc2ccccc2)cc1)N1CCOC1. The van der Waals surface area contributed by atoms with Gasteiger partial charge in [-0.1, -0.05) is 30.3 Å². The summed E-state index contributed by atoms with van der Waals surface area (Å²) in [7, 11) is 0. The van der Waals surface area contributed by atoms with Crippen LogP contribution in [-0.2, 0) is 9.53 Å². The van der Waals surface area contributed by atoms with Gasteiger partial charge in [0, 0.05) is 12.6 Å². The third kappa shape index (κ3) is 3.74. The first kappa shape index (κ1) is 14.4. The molecular weight excluding hydrogens is 278 g/mol. The fourth-order valence-electron chi connectivity index (χ4n) is 2.13. The number of nitrogens with zero attached hydrogens (tertiary/aromatic N) is 1. The molecule has 22 heavy (non-hydrogen) atoms. The molecule has 0 spiro atoms. The van der Waals surface area contributed by atoms with Crippen LogP contribution in [-0.4, -0.2) is 30.7 Å². The van der Waals surface area contributed by atoms with Crippen molar-refractivity contribution >= 4 is 12.0 Å². The van der Waals surface area contributed by atoms with Crippen molar-refractivity contribution in [2.45, 2.75) is 0 Å². The Balaban J connectivity index is 1.60. The quantitative estimate of drug-likeness (QED) is 0.812. The van der Waals surface area contributed by atoms with Gasteiger partial charge in [-0.3, -0.25) is 4.79 Å². The summed E-state index contributed by atoms with van der Waals surface area (Å²) in [6.07, 6.45) is 3.37. The highest BCUT2D eigenvalue weighted by Crippen LogP contribution is 2.21. The predicted octanol–water partition coefficient (Wildman–Crippen LogP) is 3.31. The summed E-state index contributed by atoms with van der Waals surface area (Å²) in [5.41, 5.74) is 0.953. The first-order valence-electron chi connectivity index (χ1n) is 7.19. The minimum Gasteiger partial charge on any atom is -0.457 e. The van der Waals surface area contributed by atoms with E-state index in [2.05, 4.69) is 0 Å². The van der Waals surface area contributed by atoms with Crippen molar-refractivity contribution in [1.29, 1.82) is 0 Å². The van der Waals surface area contributed by atoms with E-state index >= 15 is 0 Å². The van der Waals surface area contributed by atoms with Crippen LogP contribution in [0.25, 0.3) is 6.08 Å². The first-order valence-corrected chi connectivity index (χ1v) is 7.19. The fraction of sp³-hybridized carbons (Fsp3) is 0.167. The number of benzene rings is 2. The van der Waals surface area contributed by atoms with E-state index in [4.69, 9.17) is 9.47 Å². The van der Waals surface area contributed by atoms with Crippen molar-refractivity contribution in [3.8, 4) is 11.5 Å². The van der Waals surface area contributed by atoms with Gasteiger partial charge in [0.1, 0.15) is 18.2 Å². The fourth-order valence-corrected chi connectivity index (χ4v) is 2.13. The van der Waals surface area contributed by atoms with E-state index in [-0.39, 0.29) is 5.91 Å². The third-order valence-corrected chi connectivity index (χ3v) is 3.34. The number of ether oxygens (including phenoxy) is 2. The van der Waals surface area contributed by atoms with Crippen LogP contribution in [0.15, 0.2) is 60.7 Å². The van der Waals surface area contributed by atoms with Gasteiger partial charge in [-0.05, 0) is 35.9 Å². The molecule has 4 nitrogen and oxygen atoms in total. The summed E-state index contributed by atoms with van der Waals surface area (Å²) >= 11 is 0. The van der Waals surface area contributed by atoms with Crippen LogP contribution in [0, 0.1) is 0 Å². The predicted molar refractivity (Wildman–Crippen MR) is 84.5 cm³/mol. The molecule has 0 aliphatic carbocycles. The highest BCUT2D eigenvalue weighted by Gasteiger charge is 2.15. The lowest BCUT2D eigenvalue weighted by atomic mass is 10.2. The van der Waals surface area contributed by atoms with E-state index in [0.717, 1.165) is 17.1 Å². The van der Waals surface area contributed by atoms with Crippen LogP contribution >= 0.6 is 0 Å².